The fraction of sp³-hybridized carbons (Fsp3) is 0.600. The van der Waals surface area contributed by atoms with Crippen molar-refractivity contribution in [1.82, 2.24) is 5.32 Å². The third-order valence-corrected chi connectivity index (χ3v) is 3.04. The summed E-state index contributed by atoms with van der Waals surface area (Å²) < 4.78 is 10.3. The molecule has 3 heteroatoms. The normalized spacial score (nSPS) is 12.4. The molecule has 3 nitrogen and oxygen atoms in total. The molecule has 1 aromatic rings. The molecule has 0 aliphatic carbocycles. The second kappa shape index (κ2) is 8.95. The van der Waals surface area contributed by atoms with Gasteiger partial charge in [-0.05, 0) is 43.5 Å². The van der Waals surface area contributed by atoms with E-state index in [0.717, 1.165) is 38.2 Å². The summed E-state index contributed by atoms with van der Waals surface area (Å²) in [4.78, 5) is 0. The molecule has 1 N–H and O–H groups in total. The lowest BCUT2D eigenvalue weighted by Crippen LogP contribution is -2.31. The van der Waals surface area contributed by atoms with Gasteiger partial charge in [-0.3, -0.25) is 0 Å². The molecule has 0 aliphatic rings. The number of hydrogen-bond acceptors (Lipinski definition) is 3. The summed E-state index contributed by atoms with van der Waals surface area (Å²) in [6.45, 7) is 4.00. The zero-order chi connectivity index (χ0) is 13.2. The lowest BCUT2D eigenvalue weighted by molar-refractivity contribution is 0.188. The molecule has 1 aromatic carbocycles. The Labute approximate surface area is 110 Å². The van der Waals surface area contributed by atoms with E-state index in [9.17, 15) is 0 Å². The third-order valence-electron chi connectivity index (χ3n) is 3.04. The summed E-state index contributed by atoms with van der Waals surface area (Å²) in [6.07, 6.45) is 3.31. The monoisotopic (exact) mass is 251 g/mol. The van der Waals surface area contributed by atoms with Crippen molar-refractivity contribution in [3.8, 4) is 5.75 Å². The Morgan fingerprint density at radius 1 is 1.17 bits per heavy atom. The number of methoxy groups -OCH3 is 2. The SMILES string of the molecule is CCNC(CCCOC)Cc1ccc(OC)cc1. The first kappa shape index (κ1) is 15.0. The van der Waals surface area contributed by atoms with Crippen LogP contribution in [0, 0.1) is 0 Å². The number of benzene rings is 1. The largest absolute Gasteiger partial charge is 0.497 e. The Bertz CT molecular complexity index is 311. The summed E-state index contributed by atoms with van der Waals surface area (Å²) in [7, 11) is 3.45. The Morgan fingerprint density at radius 2 is 1.89 bits per heavy atom. The molecule has 1 unspecified atom stereocenters. The molecular formula is C15H25NO2. The zero-order valence-electron chi connectivity index (χ0n) is 11.7. The maximum atomic E-state index is 5.17. The van der Waals surface area contributed by atoms with Gasteiger partial charge in [-0.25, -0.2) is 0 Å². The van der Waals surface area contributed by atoms with E-state index in [1.54, 1.807) is 14.2 Å². The van der Waals surface area contributed by atoms with Crippen LogP contribution in [-0.4, -0.2) is 33.4 Å². The predicted octanol–water partition coefficient (Wildman–Crippen LogP) is 2.64. The molecule has 0 bridgehead atoms. The number of ether oxygens (including phenoxy) is 2. The second-order valence-electron chi connectivity index (χ2n) is 4.44. The fourth-order valence-electron chi connectivity index (χ4n) is 2.09. The first-order valence-corrected chi connectivity index (χ1v) is 6.65. The Kier molecular flexibility index (Phi) is 7.46. The summed E-state index contributed by atoms with van der Waals surface area (Å²) in [5, 5.41) is 3.53. The van der Waals surface area contributed by atoms with Crippen molar-refractivity contribution in [1.29, 1.82) is 0 Å². The average molecular weight is 251 g/mol. The summed E-state index contributed by atoms with van der Waals surface area (Å²) in [5.41, 5.74) is 1.35. The fourth-order valence-corrected chi connectivity index (χ4v) is 2.09. The summed E-state index contributed by atoms with van der Waals surface area (Å²) >= 11 is 0. The zero-order valence-corrected chi connectivity index (χ0v) is 11.7. The Balaban J connectivity index is 2.47. The van der Waals surface area contributed by atoms with Crippen LogP contribution in [0.5, 0.6) is 5.75 Å². The molecule has 0 spiro atoms. The Morgan fingerprint density at radius 3 is 2.44 bits per heavy atom. The molecule has 102 valence electrons. The molecule has 1 rings (SSSR count). The minimum atomic E-state index is 0.526. The van der Waals surface area contributed by atoms with Crippen LogP contribution in [0.2, 0.25) is 0 Å². The van der Waals surface area contributed by atoms with Crippen LogP contribution in [0.25, 0.3) is 0 Å². The van der Waals surface area contributed by atoms with Crippen LogP contribution in [0.4, 0.5) is 0 Å². The van der Waals surface area contributed by atoms with Gasteiger partial charge >= 0.3 is 0 Å². The summed E-state index contributed by atoms with van der Waals surface area (Å²) in [5.74, 6) is 0.915. The van der Waals surface area contributed by atoms with Gasteiger partial charge < -0.3 is 14.8 Å². The quantitative estimate of drug-likeness (QED) is 0.684. The number of likely N-dealkylation sites (N-methyl/N-ethyl adjacent to an activating group) is 1. The van der Waals surface area contributed by atoms with Crippen molar-refractivity contribution in [2.45, 2.75) is 32.2 Å². The summed E-state index contributed by atoms with van der Waals surface area (Å²) in [6, 6.07) is 8.85. The molecule has 0 amide bonds. The van der Waals surface area contributed by atoms with E-state index in [0.29, 0.717) is 6.04 Å². The van der Waals surface area contributed by atoms with E-state index >= 15 is 0 Å². The van der Waals surface area contributed by atoms with Crippen molar-refractivity contribution in [2.24, 2.45) is 0 Å². The van der Waals surface area contributed by atoms with Crippen LogP contribution >= 0.6 is 0 Å². The van der Waals surface area contributed by atoms with Gasteiger partial charge in [0.05, 0.1) is 7.11 Å². The van der Waals surface area contributed by atoms with Gasteiger partial charge in [0.25, 0.3) is 0 Å². The van der Waals surface area contributed by atoms with Crippen LogP contribution in [0.15, 0.2) is 24.3 Å². The van der Waals surface area contributed by atoms with Gasteiger partial charge in [-0.2, -0.15) is 0 Å². The average Bonchev–Trinajstić information content (AvgIpc) is 2.40. The van der Waals surface area contributed by atoms with Crippen LogP contribution < -0.4 is 10.1 Å². The van der Waals surface area contributed by atoms with Crippen molar-refractivity contribution in [2.75, 3.05) is 27.4 Å². The molecule has 0 saturated carbocycles. The minimum absolute atomic E-state index is 0.526. The van der Waals surface area contributed by atoms with Crippen molar-refractivity contribution in [3.63, 3.8) is 0 Å². The van der Waals surface area contributed by atoms with Crippen molar-refractivity contribution >= 4 is 0 Å². The van der Waals surface area contributed by atoms with Gasteiger partial charge in [0.2, 0.25) is 0 Å². The highest BCUT2D eigenvalue weighted by atomic mass is 16.5. The van der Waals surface area contributed by atoms with Crippen LogP contribution in [0.1, 0.15) is 25.3 Å². The minimum Gasteiger partial charge on any atom is -0.497 e. The lowest BCUT2D eigenvalue weighted by atomic mass is 10.0. The highest BCUT2D eigenvalue weighted by Crippen LogP contribution is 2.14. The van der Waals surface area contributed by atoms with Crippen LogP contribution in [0.3, 0.4) is 0 Å². The van der Waals surface area contributed by atoms with E-state index in [4.69, 9.17) is 9.47 Å². The predicted molar refractivity (Wildman–Crippen MR) is 75.3 cm³/mol. The maximum Gasteiger partial charge on any atom is 0.118 e. The molecule has 0 fully saturated rings. The molecule has 0 heterocycles. The number of hydrogen-bond donors (Lipinski definition) is 1. The molecule has 18 heavy (non-hydrogen) atoms. The van der Waals surface area contributed by atoms with Crippen molar-refractivity contribution in [3.05, 3.63) is 29.8 Å². The molecule has 0 aromatic heterocycles. The molecule has 0 aliphatic heterocycles. The van der Waals surface area contributed by atoms with Crippen LogP contribution in [-0.2, 0) is 11.2 Å². The molecule has 0 radical (unpaired) electrons. The van der Waals surface area contributed by atoms with Gasteiger partial charge in [0.1, 0.15) is 5.75 Å². The van der Waals surface area contributed by atoms with Gasteiger partial charge in [-0.15, -0.1) is 0 Å². The third kappa shape index (κ3) is 5.52. The van der Waals surface area contributed by atoms with E-state index in [-0.39, 0.29) is 0 Å². The number of nitrogens with one attached hydrogen (secondary N) is 1. The standard InChI is InChI=1S/C15H25NO2/c1-4-16-14(6-5-11-17-2)12-13-7-9-15(18-3)10-8-13/h7-10,14,16H,4-6,11-12H2,1-3H3. The molecule has 0 saturated heterocycles. The highest BCUT2D eigenvalue weighted by Gasteiger charge is 2.08. The molecule has 1 atom stereocenters. The van der Waals surface area contributed by atoms with E-state index in [1.807, 2.05) is 12.1 Å². The smallest absolute Gasteiger partial charge is 0.118 e. The van der Waals surface area contributed by atoms with E-state index in [2.05, 4.69) is 24.4 Å². The van der Waals surface area contributed by atoms with Crippen molar-refractivity contribution < 1.29 is 9.47 Å². The maximum absolute atomic E-state index is 5.17. The Hall–Kier alpha value is -1.06. The number of rotatable bonds is 9. The first-order valence-electron chi connectivity index (χ1n) is 6.65. The van der Waals surface area contributed by atoms with Gasteiger partial charge in [0.15, 0.2) is 0 Å². The second-order valence-corrected chi connectivity index (χ2v) is 4.44. The first-order chi connectivity index (χ1) is 8.80. The highest BCUT2D eigenvalue weighted by molar-refractivity contribution is 5.27. The molecular weight excluding hydrogens is 226 g/mol. The van der Waals surface area contributed by atoms with Gasteiger partial charge in [-0.1, -0.05) is 19.1 Å². The van der Waals surface area contributed by atoms with E-state index < -0.39 is 0 Å². The lowest BCUT2D eigenvalue weighted by Gasteiger charge is -2.18. The van der Waals surface area contributed by atoms with Gasteiger partial charge in [0, 0.05) is 19.8 Å². The topological polar surface area (TPSA) is 30.5 Å². The van der Waals surface area contributed by atoms with E-state index in [1.165, 1.54) is 5.56 Å².